The molecule has 1 unspecified atom stereocenters. The number of phenols is 1. The summed E-state index contributed by atoms with van der Waals surface area (Å²) in [5, 5.41) is 16.5. The van der Waals surface area contributed by atoms with Gasteiger partial charge in [0.05, 0.1) is 19.8 Å². The van der Waals surface area contributed by atoms with Gasteiger partial charge in [-0.15, -0.1) is 24.0 Å². The summed E-state index contributed by atoms with van der Waals surface area (Å²) in [6, 6.07) is 15.3. The van der Waals surface area contributed by atoms with E-state index in [0.717, 1.165) is 25.1 Å². The SMILES string of the molecule is CCNC(=NCc1cc(OC)ccc1O)NCCCOC(C)c1ccccc1.I. The molecule has 0 aliphatic heterocycles. The van der Waals surface area contributed by atoms with E-state index in [2.05, 4.69) is 34.7 Å². The molecule has 1 atom stereocenters. The highest BCUT2D eigenvalue weighted by molar-refractivity contribution is 14.0. The molecule has 0 radical (unpaired) electrons. The number of phenolic OH excluding ortho intramolecular Hbond substituents is 1. The monoisotopic (exact) mass is 513 g/mol. The van der Waals surface area contributed by atoms with Crippen LogP contribution in [0.2, 0.25) is 0 Å². The Balaban J connectivity index is 0.00000420. The summed E-state index contributed by atoms with van der Waals surface area (Å²) in [7, 11) is 1.60. The van der Waals surface area contributed by atoms with E-state index in [1.807, 2.05) is 25.1 Å². The molecule has 0 aromatic heterocycles. The zero-order chi connectivity index (χ0) is 20.2. The van der Waals surface area contributed by atoms with Crippen LogP contribution in [0.15, 0.2) is 53.5 Å². The molecule has 2 aromatic rings. The number of rotatable bonds is 10. The number of hydrogen-bond donors (Lipinski definition) is 3. The number of halogens is 1. The quantitative estimate of drug-likeness (QED) is 0.192. The van der Waals surface area contributed by atoms with Crippen LogP contribution in [0.1, 0.15) is 37.5 Å². The molecule has 0 saturated heterocycles. The van der Waals surface area contributed by atoms with Crippen LogP contribution in [-0.2, 0) is 11.3 Å². The number of hydrogen-bond acceptors (Lipinski definition) is 4. The van der Waals surface area contributed by atoms with Gasteiger partial charge in [0, 0.05) is 25.3 Å². The Kier molecular flexibility index (Phi) is 12.1. The molecular weight excluding hydrogens is 481 g/mol. The molecular formula is C22H32IN3O3. The lowest BCUT2D eigenvalue weighted by atomic mass is 10.1. The summed E-state index contributed by atoms with van der Waals surface area (Å²) >= 11 is 0. The van der Waals surface area contributed by atoms with Gasteiger partial charge in [-0.25, -0.2) is 4.99 Å². The van der Waals surface area contributed by atoms with E-state index in [-0.39, 0.29) is 35.8 Å². The standard InChI is InChI=1S/C22H31N3O3.HI/c1-4-23-22(25-16-19-15-20(27-3)11-12-21(19)26)24-13-8-14-28-17(2)18-9-6-5-7-10-18;/h5-7,9-12,15,17,26H,4,8,13-14,16H2,1-3H3,(H2,23,24,25);1H. The molecule has 29 heavy (non-hydrogen) atoms. The third kappa shape index (κ3) is 8.91. The second-order valence-corrected chi connectivity index (χ2v) is 6.39. The number of ether oxygens (including phenoxy) is 2. The molecule has 0 saturated carbocycles. The first-order valence-corrected chi connectivity index (χ1v) is 9.68. The summed E-state index contributed by atoms with van der Waals surface area (Å²) in [5.41, 5.74) is 1.90. The maximum atomic E-state index is 9.98. The number of guanidine groups is 1. The van der Waals surface area contributed by atoms with Gasteiger partial charge in [-0.3, -0.25) is 0 Å². The molecule has 0 fully saturated rings. The predicted octanol–water partition coefficient (Wildman–Crippen LogP) is 4.24. The zero-order valence-corrected chi connectivity index (χ0v) is 19.7. The average molecular weight is 513 g/mol. The van der Waals surface area contributed by atoms with Crippen LogP contribution in [0.3, 0.4) is 0 Å². The Bertz CT molecular complexity index is 741. The van der Waals surface area contributed by atoms with Crippen LogP contribution >= 0.6 is 24.0 Å². The van der Waals surface area contributed by atoms with Crippen molar-refractivity contribution in [3.05, 3.63) is 59.7 Å². The average Bonchev–Trinajstić information content (AvgIpc) is 2.73. The Morgan fingerprint density at radius 1 is 1.14 bits per heavy atom. The molecule has 2 aromatic carbocycles. The molecule has 0 aliphatic rings. The Labute approximate surface area is 190 Å². The van der Waals surface area contributed by atoms with Crippen LogP contribution in [0.4, 0.5) is 0 Å². The van der Waals surface area contributed by atoms with Crippen molar-refractivity contribution in [2.24, 2.45) is 4.99 Å². The van der Waals surface area contributed by atoms with Crippen LogP contribution in [0.25, 0.3) is 0 Å². The molecule has 0 amide bonds. The number of aromatic hydroxyl groups is 1. The fourth-order valence-corrected chi connectivity index (χ4v) is 2.68. The first-order valence-electron chi connectivity index (χ1n) is 9.68. The highest BCUT2D eigenvalue weighted by atomic mass is 127. The topological polar surface area (TPSA) is 75.1 Å². The number of methoxy groups -OCH3 is 1. The van der Waals surface area contributed by atoms with E-state index in [9.17, 15) is 5.11 Å². The fourth-order valence-electron chi connectivity index (χ4n) is 2.68. The van der Waals surface area contributed by atoms with Crippen LogP contribution < -0.4 is 15.4 Å². The summed E-state index contributed by atoms with van der Waals surface area (Å²) in [4.78, 5) is 4.54. The highest BCUT2D eigenvalue weighted by Crippen LogP contribution is 2.23. The molecule has 3 N–H and O–H groups in total. The fraction of sp³-hybridized carbons (Fsp3) is 0.409. The molecule has 6 nitrogen and oxygen atoms in total. The van der Waals surface area contributed by atoms with Crippen LogP contribution in [0.5, 0.6) is 11.5 Å². The van der Waals surface area contributed by atoms with E-state index in [4.69, 9.17) is 9.47 Å². The van der Waals surface area contributed by atoms with Crippen LogP contribution in [0, 0.1) is 0 Å². The third-order valence-corrected chi connectivity index (χ3v) is 4.29. The van der Waals surface area contributed by atoms with Gasteiger partial charge in [0.2, 0.25) is 0 Å². The van der Waals surface area contributed by atoms with Gasteiger partial charge in [-0.1, -0.05) is 30.3 Å². The van der Waals surface area contributed by atoms with Gasteiger partial charge in [0.25, 0.3) is 0 Å². The van der Waals surface area contributed by atoms with Crippen molar-refractivity contribution in [2.75, 3.05) is 26.8 Å². The Hall–Kier alpha value is -2.00. The first-order chi connectivity index (χ1) is 13.6. The van der Waals surface area contributed by atoms with E-state index >= 15 is 0 Å². The predicted molar refractivity (Wildman–Crippen MR) is 128 cm³/mol. The smallest absolute Gasteiger partial charge is 0.191 e. The number of nitrogens with one attached hydrogen (secondary N) is 2. The minimum Gasteiger partial charge on any atom is -0.508 e. The summed E-state index contributed by atoms with van der Waals surface area (Å²) in [5.74, 6) is 1.62. The number of aliphatic imine (C=N–C) groups is 1. The summed E-state index contributed by atoms with van der Waals surface area (Å²) in [6.45, 7) is 6.62. The maximum Gasteiger partial charge on any atom is 0.191 e. The largest absolute Gasteiger partial charge is 0.508 e. The van der Waals surface area contributed by atoms with Crippen molar-refractivity contribution in [3.8, 4) is 11.5 Å². The second-order valence-electron chi connectivity index (χ2n) is 6.39. The highest BCUT2D eigenvalue weighted by Gasteiger charge is 2.06. The maximum absolute atomic E-state index is 9.98. The summed E-state index contributed by atoms with van der Waals surface area (Å²) in [6.07, 6.45) is 0.950. The van der Waals surface area contributed by atoms with E-state index in [0.29, 0.717) is 24.9 Å². The lowest BCUT2D eigenvalue weighted by Gasteiger charge is -2.15. The van der Waals surface area contributed by atoms with Crippen molar-refractivity contribution in [3.63, 3.8) is 0 Å². The number of benzene rings is 2. The van der Waals surface area contributed by atoms with Gasteiger partial charge < -0.3 is 25.2 Å². The molecule has 160 valence electrons. The Morgan fingerprint density at radius 2 is 1.90 bits per heavy atom. The van der Waals surface area contributed by atoms with E-state index in [1.165, 1.54) is 5.56 Å². The third-order valence-electron chi connectivity index (χ3n) is 4.29. The molecule has 0 spiro atoms. The molecule has 2 rings (SSSR count). The Morgan fingerprint density at radius 3 is 2.59 bits per heavy atom. The summed E-state index contributed by atoms with van der Waals surface area (Å²) < 4.78 is 11.1. The first kappa shape index (κ1) is 25.0. The van der Waals surface area contributed by atoms with Gasteiger partial charge in [0.15, 0.2) is 5.96 Å². The molecule has 0 heterocycles. The second kappa shape index (κ2) is 14.1. The minimum absolute atomic E-state index is 0. The van der Waals surface area contributed by atoms with Gasteiger partial charge in [-0.2, -0.15) is 0 Å². The van der Waals surface area contributed by atoms with Gasteiger partial charge in [0.1, 0.15) is 11.5 Å². The van der Waals surface area contributed by atoms with Crippen LogP contribution in [-0.4, -0.2) is 37.9 Å². The van der Waals surface area contributed by atoms with Gasteiger partial charge in [-0.05, 0) is 44.0 Å². The lowest BCUT2D eigenvalue weighted by Crippen LogP contribution is -2.38. The van der Waals surface area contributed by atoms with Crippen molar-refractivity contribution >= 4 is 29.9 Å². The van der Waals surface area contributed by atoms with Crippen molar-refractivity contribution in [1.29, 1.82) is 0 Å². The molecule has 0 bridgehead atoms. The molecule has 7 heteroatoms. The van der Waals surface area contributed by atoms with E-state index in [1.54, 1.807) is 25.3 Å². The van der Waals surface area contributed by atoms with Crippen molar-refractivity contribution < 1.29 is 14.6 Å². The lowest BCUT2D eigenvalue weighted by molar-refractivity contribution is 0.0646. The minimum atomic E-state index is 0. The normalized spacial score (nSPS) is 12.0. The van der Waals surface area contributed by atoms with Crippen molar-refractivity contribution in [1.82, 2.24) is 10.6 Å². The van der Waals surface area contributed by atoms with E-state index < -0.39 is 0 Å². The zero-order valence-electron chi connectivity index (χ0n) is 17.4. The molecule has 0 aliphatic carbocycles. The van der Waals surface area contributed by atoms with Gasteiger partial charge >= 0.3 is 0 Å². The number of nitrogens with zero attached hydrogens (tertiary/aromatic N) is 1. The van der Waals surface area contributed by atoms with Crippen molar-refractivity contribution in [2.45, 2.75) is 32.9 Å².